The van der Waals surface area contributed by atoms with Crippen LogP contribution in [-0.4, -0.2) is 23.2 Å². The molecule has 0 saturated carbocycles. The molecule has 3 nitrogen and oxygen atoms in total. The molecule has 0 aliphatic carbocycles. The third-order valence-corrected chi connectivity index (χ3v) is 1.85. The highest BCUT2D eigenvalue weighted by molar-refractivity contribution is 5.01. The Hall–Kier alpha value is -0.930. The van der Waals surface area contributed by atoms with E-state index < -0.39 is 0 Å². The van der Waals surface area contributed by atoms with Gasteiger partial charge in [-0.05, 0) is 38.1 Å². The summed E-state index contributed by atoms with van der Waals surface area (Å²) in [6.07, 6.45) is 4.44. The number of aliphatic hydroxyl groups excluding tert-OH is 1. The molecule has 13 heavy (non-hydrogen) atoms. The molecule has 0 amide bonds. The molecule has 2 heterocycles. The van der Waals surface area contributed by atoms with Crippen LogP contribution in [0, 0.1) is 0 Å². The Morgan fingerprint density at radius 3 is 2.38 bits per heavy atom. The SMILES string of the molecule is C1CCNC1.OCc1ccccn1. The molecule has 72 valence electrons. The van der Waals surface area contributed by atoms with Gasteiger partial charge in [-0.3, -0.25) is 4.98 Å². The minimum absolute atomic E-state index is 0.0286. The topological polar surface area (TPSA) is 45.1 Å². The number of pyridine rings is 1. The summed E-state index contributed by atoms with van der Waals surface area (Å²) in [5.41, 5.74) is 0.715. The third kappa shape index (κ3) is 4.60. The predicted octanol–water partition coefficient (Wildman–Crippen LogP) is 0.944. The first-order valence-electron chi connectivity index (χ1n) is 4.65. The molecule has 1 aromatic rings. The molecule has 0 unspecified atom stereocenters. The van der Waals surface area contributed by atoms with Crippen LogP contribution in [-0.2, 0) is 6.61 Å². The lowest BCUT2D eigenvalue weighted by atomic mass is 10.4. The van der Waals surface area contributed by atoms with E-state index in [2.05, 4.69) is 10.3 Å². The van der Waals surface area contributed by atoms with Crippen molar-refractivity contribution >= 4 is 0 Å². The maximum Gasteiger partial charge on any atom is 0.0852 e. The molecule has 0 spiro atoms. The fourth-order valence-corrected chi connectivity index (χ4v) is 1.12. The molecular weight excluding hydrogens is 164 g/mol. The quantitative estimate of drug-likeness (QED) is 0.676. The fraction of sp³-hybridized carbons (Fsp3) is 0.500. The van der Waals surface area contributed by atoms with Crippen LogP contribution in [0.15, 0.2) is 24.4 Å². The number of aromatic nitrogens is 1. The van der Waals surface area contributed by atoms with Crippen LogP contribution in [0.25, 0.3) is 0 Å². The summed E-state index contributed by atoms with van der Waals surface area (Å²) in [7, 11) is 0. The summed E-state index contributed by atoms with van der Waals surface area (Å²) in [5, 5.41) is 11.7. The van der Waals surface area contributed by atoms with E-state index in [-0.39, 0.29) is 6.61 Å². The van der Waals surface area contributed by atoms with Gasteiger partial charge in [0.05, 0.1) is 12.3 Å². The largest absolute Gasteiger partial charge is 0.390 e. The van der Waals surface area contributed by atoms with Crippen molar-refractivity contribution in [2.75, 3.05) is 13.1 Å². The van der Waals surface area contributed by atoms with Crippen molar-refractivity contribution in [1.29, 1.82) is 0 Å². The van der Waals surface area contributed by atoms with Crippen molar-refractivity contribution in [3.05, 3.63) is 30.1 Å². The van der Waals surface area contributed by atoms with E-state index >= 15 is 0 Å². The molecule has 3 heteroatoms. The van der Waals surface area contributed by atoms with E-state index in [4.69, 9.17) is 5.11 Å². The molecule has 2 rings (SSSR count). The van der Waals surface area contributed by atoms with E-state index in [1.807, 2.05) is 12.1 Å². The van der Waals surface area contributed by atoms with Gasteiger partial charge in [-0.25, -0.2) is 0 Å². The van der Waals surface area contributed by atoms with Crippen molar-refractivity contribution in [2.45, 2.75) is 19.4 Å². The van der Waals surface area contributed by atoms with Gasteiger partial charge in [0, 0.05) is 6.20 Å². The zero-order valence-corrected chi connectivity index (χ0v) is 7.74. The van der Waals surface area contributed by atoms with Gasteiger partial charge in [-0.15, -0.1) is 0 Å². The summed E-state index contributed by atoms with van der Waals surface area (Å²) in [5.74, 6) is 0. The number of nitrogens with one attached hydrogen (secondary N) is 1. The van der Waals surface area contributed by atoms with Gasteiger partial charge in [0.25, 0.3) is 0 Å². The first kappa shape index (κ1) is 10.2. The smallest absolute Gasteiger partial charge is 0.0852 e. The van der Waals surface area contributed by atoms with Crippen molar-refractivity contribution < 1.29 is 5.11 Å². The molecule has 1 fully saturated rings. The lowest BCUT2D eigenvalue weighted by molar-refractivity contribution is 0.277. The normalized spacial score (nSPS) is 14.8. The number of hydrogen-bond donors (Lipinski definition) is 2. The van der Waals surface area contributed by atoms with Gasteiger partial charge >= 0.3 is 0 Å². The zero-order chi connectivity index (χ0) is 9.36. The third-order valence-electron chi connectivity index (χ3n) is 1.85. The van der Waals surface area contributed by atoms with Gasteiger partial charge < -0.3 is 10.4 Å². The van der Waals surface area contributed by atoms with Crippen molar-refractivity contribution in [2.24, 2.45) is 0 Å². The molecule has 1 saturated heterocycles. The van der Waals surface area contributed by atoms with Crippen LogP contribution in [0.2, 0.25) is 0 Å². The Labute approximate surface area is 78.8 Å². The van der Waals surface area contributed by atoms with Crippen LogP contribution >= 0.6 is 0 Å². The van der Waals surface area contributed by atoms with Crippen molar-refractivity contribution in [3.8, 4) is 0 Å². The summed E-state index contributed by atoms with van der Waals surface area (Å²) in [6, 6.07) is 5.44. The van der Waals surface area contributed by atoms with Crippen LogP contribution < -0.4 is 5.32 Å². The van der Waals surface area contributed by atoms with Crippen molar-refractivity contribution in [1.82, 2.24) is 10.3 Å². The number of aliphatic hydroxyl groups is 1. The van der Waals surface area contributed by atoms with E-state index in [0.717, 1.165) is 0 Å². The molecular formula is C10H16N2O. The maximum absolute atomic E-state index is 8.48. The second-order valence-corrected chi connectivity index (χ2v) is 2.94. The summed E-state index contributed by atoms with van der Waals surface area (Å²) in [4.78, 5) is 3.85. The van der Waals surface area contributed by atoms with E-state index in [0.29, 0.717) is 5.69 Å². The molecule has 1 aromatic heterocycles. The highest BCUT2D eigenvalue weighted by Crippen LogP contribution is 1.90. The lowest BCUT2D eigenvalue weighted by Crippen LogP contribution is -2.03. The van der Waals surface area contributed by atoms with Crippen LogP contribution in [0.3, 0.4) is 0 Å². The second-order valence-electron chi connectivity index (χ2n) is 2.94. The van der Waals surface area contributed by atoms with E-state index in [1.165, 1.54) is 25.9 Å². The standard InChI is InChI=1S/C6H7NO.C4H9N/c8-5-6-3-1-2-4-7-6;1-2-4-5-3-1/h1-4,8H,5H2;5H,1-4H2. The molecule has 0 aromatic carbocycles. The monoisotopic (exact) mass is 180 g/mol. The first-order chi connectivity index (χ1) is 6.43. The van der Waals surface area contributed by atoms with E-state index in [9.17, 15) is 0 Å². The van der Waals surface area contributed by atoms with Crippen LogP contribution in [0.1, 0.15) is 18.5 Å². The van der Waals surface area contributed by atoms with Gasteiger partial charge in [0.2, 0.25) is 0 Å². The van der Waals surface area contributed by atoms with E-state index in [1.54, 1.807) is 12.3 Å². The molecule has 0 bridgehead atoms. The lowest BCUT2D eigenvalue weighted by Gasteiger charge is -1.88. The number of nitrogens with zero attached hydrogens (tertiary/aromatic N) is 1. The Kier molecular flexibility index (Phi) is 5.13. The molecule has 1 aliphatic rings. The van der Waals surface area contributed by atoms with Crippen LogP contribution in [0.4, 0.5) is 0 Å². The highest BCUT2D eigenvalue weighted by Gasteiger charge is 1.93. The Balaban J connectivity index is 0.000000145. The average Bonchev–Trinajstić information content (AvgIpc) is 2.77. The Bertz CT molecular complexity index is 202. The second kappa shape index (κ2) is 6.57. The Morgan fingerprint density at radius 2 is 2.08 bits per heavy atom. The minimum Gasteiger partial charge on any atom is -0.390 e. The minimum atomic E-state index is 0.0286. The fourth-order valence-electron chi connectivity index (χ4n) is 1.12. The molecule has 2 N–H and O–H groups in total. The maximum atomic E-state index is 8.48. The Morgan fingerprint density at radius 1 is 1.31 bits per heavy atom. The highest BCUT2D eigenvalue weighted by atomic mass is 16.3. The number of hydrogen-bond acceptors (Lipinski definition) is 3. The molecule has 1 aliphatic heterocycles. The zero-order valence-electron chi connectivity index (χ0n) is 7.74. The van der Waals surface area contributed by atoms with Gasteiger partial charge in [-0.2, -0.15) is 0 Å². The summed E-state index contributed by atoms with van der Waals surface area (Å²) >= 11 is 0. The predicted molar refractivity (Wildman–Crippen MR) is 52.3 cm³/mol. The number of rotatable bonds is 1. The van der Waals surface area contributed by atoms with Gasteiger partial charge in [0.15, 0.2) is 0 Å². The summed E-state index contributed by atoms with van der Waals surface area (Å²) in [6.45, 7) is 2.53. The van der Waals surface area contributed by atoms with Crippen LogP contribution in [0.5, 0.6) is 0 Å². The van der Waals surface area contributed by atoms with Crippen molar-refractivity contribution in [3.63, 3.8) is 0 Å². The summed E-state index contributed by atoms with van der Waals surface area (Å²) < 4.78 is 0. The van der Waals surface area contributed by atoms with Gasteiger partial charge in [0.1, 0.15) is 0 Å². The average molecular weight is 180 g/mol. The van der Waals surface area contributed by atoms with Gasteiger partial charge in [-0.1, -0.05) is 6.07 Å². The molecule has 0 radical (unpaired) electrons. The molecule has 0 atom stereocenters. The first-order valence-corrected chi connectivity index (χ1v) is 4.65.